The van der Waals surface area contributed by atoms with E-state index in [-0.39, 0.29) is 12.2 Å². The van der Waals surface area contributed by atoms with Crippen LogP contribution in [0.4, 0.5) is 0 Å². The molecule has 0 unspecified atom stereocenters. The molecule has 0 fully saturated rings. The third-order valence-corrected chi connectivity index (χ3v) is 1.97. The molecule has 0 radical (unpaired) electrons. The predicted octanol–water partition coefficient (Wildman–Crippen LogP) is 0.635. The molecule has 2 heterocycles. The molecule has 5 heteroatoms. The highest BCUT2D eigenvalue weighted by Crippen LogP contribution is 2.02. The second-order valence-electron chi connectivity index (χ2n) is 3.17. The maximum atomic E-state index is 11.7. The van der Waals surface area contributed by atoms with Crippen LogP contribution in [0.25, 0.3) is 0 Å². The molecular weight excluding hydrogens is 192 g/mol. The van der Waals surface area contributed by atoms with E-state index < -0.39 is 0 Å². The van der Waals surface area contributed by atoms with Crippen LogP contribution < -0.4 is 0 Å². The Morgan fingerprint density at radius 2 is 2.33 bits per heavy atom. The van der Waals surface area contributed by atoms with Crippen LogP contribution in [0.3, 0.4) is 0 Å². The lowest BCUT2D eigenvalue weighted by molar-refractivity contribution is 0.0991. The fourth-order valence-corrected chi connectivity index (χ4v) is 1.26. The van der Waals surface area contributed by atoms with Gasteiger partial charge in [0.2, 0.25) is 0 Å². The van der Waals surface area contributed by atoms with Gasteiger partial charge >= 0.3 is 0 Å². The number of carbonyl (C=O) groups excluding carboxylic acids is 1. The zero-order valence-electron chi connectivity index (χ0n) is 8.29. The van der Waals surface area contributed by atoms with Gasteiger partial charge in [-0.2, -0.15) is 15.0 Å². The van der Waals surface area contributed by atoms with Gasteiger partial charge in [-0.25, -0.2) is 0 Å². The van der Waals surface area contributed by atoms with E-state index in [9.17, 15) is 4.79 Å². The van der Waals surface area contributed by atoms with Gasteiger partial charge in [0.1, 0.15) is 0 Å². The molecular formula is C10H10N4O. The Morgan fingerprint density at radius 3 is 2.93 bits per heavy atom. The van der Waals surface area contributed by atoms with Gasteiger partial charge in [-0.15, -0.1) is 0 Å². The van der Waals surface area contributed by atoms with E-state index in [2.05, 4.69) is 15.2 Å². The molecule has 2 aromatic heterocycles. The number of carbonyl (C=O) groups is 1. The monoisotopic (exact) mass is 202 g/mol. The predicted molar refractivity (Wildman–Crippen MR) is 53.3 cm³/mol. The fraction of sp³-hybridized carbons (Fsp3) is 0.200. The Balaban J connectivity index is 2.11. The normalized spacial score (nSPS) is 10.2. The molecule has 2 rings (SSSR count). The van der Waals surface area contributed by atoms with Gasteiger partial charge in [-0.1, -0.05) is 0 Å². The molecule has 0 saturated heterocycles. The summed E-state index contributed by atoms with van der Waals surface area (Å²) >= 11 is 0. The van der Waals surface area contributed by atoms with Crippen molar-refractivity contribution in [3.05, 3.63) is 42.0 Å². The summed E-state index contributed by atoms with van der Waals surface area (Å²) in [7, 11) is 1.72. The molecule has 0 atom stereocenters. The van der Waals surface area contributed by atoms with Crippen molar-refractivity contribution < 1.29 is 4.79 Å². The molecule has 0 aromatic carbocycles. The first-order valence-corrected chi connectivity index (χ1v) is 4.54. The molecule has 0 saturated carbocycles. The Morgan fingerprint density at radius 1 is 1.47 bits per heavy atom. The Bertz CT molecular complexity index is 463. The minimum atomic E-state index is 0.00333. The maximum Gasteiger partial charge on any atom is 0.170 e. The van der Waals surface area contributed by atoms with E-state index in [1.807, 2.05) is 0 Å². The number of aromatic nitrogens is 4. The summed E-state index contributed by atoms with van der Waals surface area (Å²) in [5.74, 6) is 0.00333. The molecule has 0 N–H and O–H groups in total. The van der Waals surface area contributed by atoms with E-state index in [1.54, 1.807) is 37.8 Å². The second kappa shape index (κ2) is 4.00. The lowest BCUT2D eigenvalue weighted by Crippen LogP contribution is -2.04. The highest BCUT2D eigenvalue weighted by atomic mass is 16.1. The van der Waals surface area contributed by atoms with Crippen molar-refractivity contribution in [3.63, 3.8) is 0 Å². The lowest BCUT2D eigenvalue weighted by atomic mass is 10.1. The van der Waals surface area contributed by atoms with Gasteiger partial charge < -0.3 is 0 Å². The smallest absolute Gasteiger partial charge is 0.170 e. The second-order valence-corrected chi connectivity index (χ2v) is 3.17. The minimum absolute atomic E-state index is 0.00333. The molecule has 5 nitrogen and oxygen atoms in total. The standard InChI is InChI=1S/C10H10N4O/c1-14-12-7-9(13-14)5-10(15)8-3-2-4-11-6-8/h2-4,6-7H,5H2,1H3. The number of hydrogen-bond acceptors (Lipinski definition) is 4. The lowest BCUT2D eigenvalue weighted by Gasteiger charge is -1.96. The van der Waals surface area contributed by atoms with Crippen molar-refractivity contribution in [2.45, 2.75) is 6.42 Å². The number of pyridine rings is 1. The highest BCUT2D eigenvalue weighted by Gasteiger charge is 2.08. The van der Waals surface area contributed by atoms with Gasteiger partial charge in [0, 0.05) is 25.0 Å². The highest BCUT2D eigenvalue weighted by molar-refractivity contribution is 5.96. The van der Waals surface area contributed by atoms with Crippen LogP contribution in [0.1, 0.15) is 16.1 Å². The molecule has 76 valence electrons. The fourth-order valence-electron chi connectivity index (χ4n) is 1.26. The number of ketones is 1. The Kier molecular flexibility index (Phi) is 2.53. The first kappa shape index (κ1) is 9.51. The number of aryl methyl sites for hydroxylation is 1. The summed E-state index contributed by atoms with van der Waals surface area (Å²) in [5.41, 5.74) is 1.27. The maximum absolute atomic E-state index is 11.7. The first-order valence-electron chi connectivity index (χ1n) is 4.54. The van der Waals surface area contributed by atoms with Crippen LogP contribution in [0, 0.1) is 0 Å². The zero-order chi connectivity index (χ0) is 10.7. The number of Topliss-reactive ketones (excluding diaryl/α,β-unsaturated/α-hetero) is 1. The Hall–Kier alpha value is -2.04. The van der Waals surface area contributed by atoms with Crippen LogP contribution in [0.5, 0.6) is 0 Å². The van der Waals surface area contributed by atoms with Crippen molar-refractivity contribution in [2.75, 3.05) is 0 Å². The molecule has 0 aliphatic heterocycles. The summed E-state index contributed by atoms with van der Waals surface area (Å²) in [4.78, 5) is 17.0. The van der Waals surface area contributed by atoms with E-state index in [1.165, 1.54) is 4.80 Å². The van der Waals surface area contributed by atoms with Crippen molar-refractivity contribution in [1.82, 2.24) is 20.0 Å². The molecule has 0 aliphatic rings. The summed E-state index contributed by atoms with van der Waals surface area (Å²) in [5, 5.41) is 7.94. The Labute approximate surface area is 86.8 Å². The van der Waals surface area contributed by atoms with Crippen molar-refractivity contribution >= 4 is 5.78 Å². The van der Waals surface area contributed by atoms with Gasteiger partial charge in [0.05, 0.1) is 18.3 Å². The van der Waals surface area contributed by atoms with E-state index in [4.69, 9.17) is 0 Å². The average Bonchev–Trinajstić information content (AvgIpc) is 2.65. The van der Waals surface area contributed by atoms with E-state index >= 15 is 0 Å². The zero-order valence-corrected chi connectivity index (χ0v) is 8.29. The third-order valence-electron chi connectivity index (χ3n) is 1.97. The van der Waals surface area contributed by atoms with Crippen LogP contribution in [0.2, 0.25) is 0 Å². The summed E-state index contributed by atoms with van der Waals surface area (Å²) in [6, 6.07) is 3.48. The average molecular weight is 202 g/mol. The molecule has 15 heavy (non-hydrogen) atoms. The molecule has 0 amide bonds. The van der Waals surface area contributed by atoms with Crippen molar-refractivity contribution in [3.8, 4) is 0 Å². The van der Waals surface area contributed by atoms with Gasteiger partial charge in [0.25, 0.3) is 0 Å². The van der Waals surface area contributed by atoms with E-state index in [0.29, 0.717) is 11.3 Å². The third kappa shape index (κ3) is 2.25. The van der Waals surface area contributed by atoms with Crippen molar-refractivity contribution in [2.24, 2.45) is 7.05 Å². The van der Waals surface area contributed by atoms with Crippen LogP contribution in [-0.4, -0.2) is 25.8 Å². The van der Waals surface area contributed by atoms with Crippen LogP contribution in [-0.2, 0) is 13.5 Å². The molecule has 0 spiro atoms. The van der Waals surface area contributed by atoms with Gasteiger partial charge in [-0.3, -0.25) is 9.78 Å². The number of nitrogens with zero attached hydrogens (tertiary/aromatic N) is 4. The largest absolute Gasteiger partial charge is 0.294 e. The van der Waals surface area contributed by atoms with Gasteiger partial charge in [-0.05, 0) is 12.1 Å². The summed E-state index contributed by atoms with van der Waals surface area (Å²) in [6.45, 7) is 0. The summed E-state index contributed by atoms with van der Waals surface area (Å²) < 4.78 is 0. The van der Waals surface area contributed by atoms with Crippen LogP contribution in [0.15, 0.2) is 30.7 Å². The minimum Gasteiger partial charge on any atom is -0.294 e. The molecule has 0 bridgehead atoms. The number of rotatable bonds is 3. The SMILES string of the molecule is Cn1ncc(CC(=O)c2cccnc2)n1. The summed E-state index contributed by atoms with van der Waals surface area (Å²) in [6.07, 6.45) is 5.05. The molecule has 0 aliphatic carbocycles. The quantitative estimate of drug-likeness (QED) is 0.685. The number of hydrogen-bond donors (Lipinski definition) is 0. The van der Waals surface area contributed by atoms with E-state index in [0.717, 1.165) is 0 Å². The van der Waals surface area contributed by atoms with Gasteiger partial charge in [0.15, 0.2) is 5.78 Å². The molecule has 2 aromatic rings. The van der Waals surface area contributed by atoms with Crippen molar-refractivity contribution in [1.29, 1.82) is 0 Å². The first-order chi connectivity index (χ1) is 7.25. The topological polar surface area (TPSA) is 60.7 Å². The van der Waals surface area contributed by atoms with Crippen LogP contribution >= 0.6 is 0 Å².